The second-order valence-corrected chi connectivity index (χ2v) is 7.18. The fraction of sp³-hybridized carbons (Fsp3) is 1.00. The van der Waals surface area contributed by atoms with E-state index in [1.165, 1.54) is 12.8 Å². The van der Waals surface area contributed by atoms with E-state index >= 15 is 0 Å². The Morgan fingerprint density at radius 2 is 1.88 bits per heavy atom. The Bertz CT molecular complexity index is 330. The van der Waals surface area contributed by atoms with Crippen molar-refractivity contribution in [3.63, 3.8) is 0 Å². The molecule has 1 heterocycles. The third-order valence-electron chi connectivity index (χ3n) is 3.98. The van der Waals surface area contributed by atoms with Gasteiger partial charge in [-0.2, -0.15) is 4.31 Å². The third kappa shape index (κ3) is 3.20. The highest BCUT2D eigenvalue weighted by molar-refractivity contribution is 7.89. The Labute approximate surface area is 105 Å². The van der Waals surface area contributed by atoms with Crippen LogP contribution in [0.4, 0.5) is 0 Å². The Balaban J connectivity index is 2.00. The van der Waals surface area contributed by atoms with Crippen LogP contribution in [-0.4, -0.2) is 43.6 Å². The van der Waals surface area contributed by atoms with E-state index in [0.29, 0.717) is 6.54 Å². The minimum absolute atomic E-state index is 0.176. The number of hydrogen-bond acceptors (Lipinski definition) is 3. The van der Waals surface area contributed by atoms with Crippen molar-refractivity contribution in [1.29, 1.82) is 0 Å². The van der Waals surface area contributed by atoms with E-state index < -0.39 is 10.0 Å². The van der Waals surface area contributed by atoms with Crippen molar-refractivity contribution in [1.82, 2.24) is 9.62 Å². The van der Waals surface area contributed by atoms with Crippen LogP contribution in [0.3, 0.4) is 0 Å². The molecule has 2 fully saturated rings. The van der Waals surface area contributed by atoms with Crippen LogP contribution < -0.4 is 5.32 Å². The molecule has 4 nitrogen and oxygen atoms in total. The molecule has 1 aliphatic carbocycles. The molecule has 0 radical (unpaired) electrons. The molecule has 0 spiro atoms. The monoisotopic (exact) mass is 260 g/mol. The summed E-state index contributed by atoms with van der Waals surface area (Å²) in [5, 5.41) is 3.28. The first-order valence-corrected chi connectivity index (χ1v) is 8.47. The van der Waals surface area contributed by atoms with Crippen molar-refractivity contribution >= 4 is 10.0 Å². The quantitative estimate of drug-likeness (QED) is 0.811. The summed E-state index contributed by atoms with van der Waals surface area (Å²) in [5.74, 6) is 0.289. The zero-order valence-corrected chi connectivity index (χ0v) is 11.5. The molecule has 5 heteroatoms. The number of nitrogens with zero attached hydrogens (tertiary/aromatic N) is 1. The van der Waals surface area contributed by atoms with Gasteiger partial charge in [-0.1, -0.05) is 19.8 Å². The maximum absolute atomic E-state index is 12.4. The van der Waals surface area contributed by atoms with Crippen LogP contribution in [0.5, 0.6) is 0 Å². The second kappa shape index (κ2) is 5.67. The Morgan fingerprint density at radius 1 is 1.18 bits per heavy atom. The van der Waals surface area contributed by atoms with Gasteiger partial charge in [-0.3, -0.25) is 0 Å². The minimum atomic E-state index is -3.07. The molecule has 0 aromatic rings. The molecule has 0 amide bonds. The molecule has 1 saturated carbocycles. The summed E-state index contributed by atoms with van der Waals surface area (Å²) in [6.07, 6.45) is 6.56. The van der Waals surface area contributed by atoms with Gasteiger partial charge in [0.15, 0.2) is 0 Å². The van der Waals surface area contributed by atoms with E-state index in [1.54, 1.807) is 4.31 Å². The normalized spacial score (nSPS) is 27.1. The van der Waals surface area contributed by atoms with Crippen molar-refractivity contribution < 1.29 is 8.42 Å². The first-order valence-electron chi connectivity index (χ1n) is 6.86. The standard InChI is InChI=1S/C12H24N2O2S/c1-2-14(12-7-3-4-8-12)17(15,16)10-11-6-5-9-13-11/h11-13H,2-10H2,1H3. The van der Waals surface area contributed by atoms with Crippen LogP contribution in [0.15, 0.2) is 0 Å². The van der Waals surface area contributed by atoms with E-state index in [-0.39, 0.29) is 17.8 Å². The van der Waals surface area contributed by atoms with Crippen LogP contribution in [0.25, 0.3) is 0 Å². The molecule has 2 aliphatic rings. The lowest BCUT2D eigenvalue weighted by molar-refractivity contribution is 0.333. The number of nitrogens with one attached hydrogen (secondary N) is 1. The van der Waals surface area contributed by atoms with Gasteiger partial charge in [0.1, 0.15) is 0 Å². The summed E-state index contributed by atoms with van der Waals surface area (Å²) in [4.78, 5) is 0. The molecule has 2 rings (SSSR count). The SMILES string of the molecule is CCN(C1CCCC1)S(=O)(=O)CC1CCCN1. The molecule has 100 valence electrons. The Kier molecular flexibility index (Phi) is 4.44. The van der Waals surface area contributed by atoms with E-state index in [0.717, 1.165) is 32.2 Å². The highest BCUT2D eigenvalue weighted by atomic mass is 32.2. The maximum Gasteiger partial charge on any atom is 0.215 e. The van der Waals surface area contributed by atoms with Gasteiger partial charge in [0.25, 0.3) is 0 Å². The molecule has 1 aliphatic heterocycles. The fourth-order valence-corrected chi connectivity index (χ4v) is 5.17. The van der Waals surface area contributed by atoms with Gasteiger partial charge in [-0.25, -0.2) is 8.42 Å². The van der Waals surface area contributed by atoms with Gasteiger partial charge < -0.3 is 5.32 Å². The first-order chi connectivity index (χ1) is 8.13. The molecular formula is C12H24N2O2S. The summed E-state index contributed by atoms with van der Waals surface area (Å²) < 4.78 is 26.5. The maximum atomic E-state index is 12.4. The smallest absolute Gasteiger partial charge is 0.215 e. The summed E-state index contributed by atoms with van der Waals surface area (Å²) in [5.41, 5.74) is 0. The van der Waals surface area contributed by atoms with Crippen LogP contribution in [0, 0.1) is 0 Å². The zero-order chi connectivity index (χ0) is 12.3. The predicted molar refractivity (Wildman–Crippen MR) is 69.4 cm³/mol. The van der Waals surface area contributed by atoms with Crippen molar-refractivity contribution in [3.8, 4) is 0 Å². The number of hydrogen-bond donors (Lipinski definition) is 1. The molecule has 0 aromatic heterocycles. The predicted octanol–water partition coefficient (Wildman–Crippen LogP) is 1.33. The topological polar surface area (TPSA) is 49.4 Å². The minimum Gasteiger partial charge on any atom is -0.313 e. The van der Waals surface area contributed by atoms with Crippen molar-refractivity contribution in [3.05, 3.63) is 0 Å². The number of sulfonamides is 1. The Hall–Kier alpha value is -0.130. The summed E-state index contributed by atoms with van der Waals surface area (Å²) in [6, 6.07) is 0.446. The van der Waals surface area contributed by atoms with E-state index in [1.807, 2.05) is 6.92 Å². The van der Waals surface area contributed by atoms with E-state index in [4.69, 9.17) is 0 Å². The summed E-state index contributed by atoms with van der Waals surface area (Å²) in [6.45, 7) is 3.55. The van der Waals surface area contributed by atoms with Gasteiger partial charge in [0, 0.05) is 18.6 Å². The van der Waals surface area contributed by atoms with Gasteiger partial charge in [-0.05, 0) is 32.2 Å². The van der Waals surface area contributed by atoms with Gasteiger partial charge in [0.05, 0.1) is 5.75 Å². The van der Waals surface area contributed by atoms with Gasteiger partial charge in [0.2, 0.25) is 10.0 Å². The molecule has 1 unspecified atom stereocenters. The lowest BCUT2D eigenvalue weighted by Crippen LogP contribution is -2.44. The lowest BCUT2D eigenvalue weighted by atomic mass is 10.2. The average Bonchev–Trinajstić information content (AvgIpc) is 2.90. The van der Waals surface area contributed by atoms with Crippen LogP contribution in [0.1, 0.15) is 45.4 Å². The first kappa shape index (κ1) is 13.3. The average molecular weight is 260 g/mol. The molecule has 1 atom stereocenters. The van der Waals surface area contributed by atoms with Gasteiger partial charge in [-0.15, -0.1) is 0 Å². The largest absolute Gasteiger partial charge is 0.313 e. The van der Waals surface area contributed by atoms with E-state index in [2.05, 4.69) is 5.32 Å². The highest BCUT2D eigenvalue weighted by Gasteiger charge is 2.33. The molecule has 0 aromatic carbocycles. The molecule has 17 heavy (non-hydrogen) atoms. The lowest BCUT2D eigenvalue weighted by Gasteiger charge is -2.28. The molecular weight excluding hydrogens is 236 g/mol. The summed E-state index contributed by atoms with van der Waals surface area (Å²) in [7, 11) is -3.07. The molecule has 1 N–H and O–H groups in total. The van der Waals surface area contributed by atoms with E-state index in [9.17, 15) is 8.42 Å². The number of rotatable bonds is 5. The molecule has 0 bridgehead atoms. The van der Waals surface area contributed by atoms with Crippen molar-refractivity contribution in [2.45, 2.75) is 57.5 Å². The fourth-order valence-electron chi connectivity index (χ4n) is 3.12. The highest BCUT2D eigenvalue weighted by Crippen LogP contribution is 2.26. The molecule has 1 saturated heterocycles. The Morgan fingerprint density at radius 3 is 2.41 bits per heavy atom. The van der Waals surface area contributed by atoms with Crippen molar-refractivity contribution in [2.75, 3.05) is 18.8 Å². The summed E-state index contributed by atoms with van der Waals surface area (Å²) >= 11 is 0. The zero-order valence-electron chi connectivity index (χ0n) is 10.7. The third-order valence-corrected chi connectivity index (χ3v) is 6.07. The van der Waals surface area contributed by atoms with Gasteiger partial charge >= 0.3 is 0 Å². The van der Waals surface area contributed by atoms with Crippen LogP contribution in [0.2, 0.25) is 0 Å². The van der Waals surface area contributed by atoms with Crippen molar-refractivity contribution in [2.24, 2.45) is 0 Å². The van der Waals surface area contributed by atoms with Crippen LogP contribution in [-0.2, 0) is 10.0 Å². The van der Waals surface area contributed by atoms with Crippen LogP contribution >= 0.6 is 0 Å². The second-order valence-electron chi connectivity index (χ2n) is 5.21.